The second kappa shape index (κ2) is 6.35. The zero-order valence-corrected chi connectivity index (χ0v) is 12.3. The number of carboxylic acid groups (broad SMARTS) is 1. The van der Waals surface area contributed by atoms with E-state index < -0.39 is 17.7 Å². The molecular weight excluding hydrogens is 258 g/mol. The predicted octanol–water partition coefficient (Wildman–Crippen LogP) is 2.01. The smallest absolute Gasteiger partial charge is 0.435 e. The first kappa shape index (κ1) is 16.6. The molecule has 0 radical (unpaired) electrons. The SMILES string of the molecule is CC(C)(C)[N+](CCO)(CC(O)c1ccccc1)C(=O)O. The Morgan fingerprint density at radius 1 is 1.25 bits per heavy atom. The second-order valence-electron chi connectivity index (χ2n) is 5.98. The van der Waals surface area contributed by atoms with Crippen LogP contribution < -0.4 is 0 Å². The van der Waals surface area contributed by atoms with Crippen molar-refractivity contribution in [1.82, 2.24) is 0 Å². The van der Waals surface area contributed by atoms with E-state index in [1.54, 1.807) is 45.0 Å². The highest BCUT2D eigenvalue weighted by Gasteiger charge is 2.48. The first-order chi connectivity index (χ1) is 9.24. The molecule has 0 bridgehead atoms. The van der Waals surface area contributed by atoms with E-state index in [4.69, 9.17) is 0 Å². The van der Waals surface area contributed by atoms with Gasteiger partial charge in [-0.05, 0) is 26.3 Å². The van der Waals surface area contributed by atoms with Gasteiger partial charge in [0.05, 0.1) is 6.61 Å². The number of quaternary nitrogens is 1. The Hall–Kier alpha value is -1.43. The Bertz CT molecular complexity index is 441. The lowest BCUT2D eigenvalue weighted by Gasteiger charge is -2.44. The van der Waals surface area contributed by atoms with Crippen LogP contribution in [0.1, 0.15) is 32.4 Å². The van der Waals surface area contributed by atoms with Crippen LogP contribution >= 0.6 is 0 Å². The van der Waals surface area contributed by atoms with E-state index in [0.29, 0.717) is 5.56 Å². The second-order valence-corrected chi connectivity index (χ2v) is 5.98. The van der Waals surface area contributed by atoms with E-state index in [1.165, 1.54) is 0 Å². The number of hydrogen-bond acceptors (Lipinski definition) is 3. The molecule has 1 rings (SSSR count). The summed E-state index contributed by atoms with van der Waals surface area (Å²) in [7, 11) is 0. The molecule has 2 atom stereocenters. The van der Waals surface area contributed by atoms with Gasteiger partial charge >= 0.3 is 6.09 Å². The van der Waals surface area contributed by atoms with Crippen LogP contribution in [0.15, 0.2) is 30.3 Å². The normalized spacial score (nSPS) is 16.4. The summed E-state index contributed by atoms with van der Waals surface area (Å²) in [6.07, 6.45) is -1.93. The third-order valence-electron chi connectivity index (χ3n) is 3.80. The summed E-state index contributed by atoms with van der Waals surface area (Å²) in [5.74, 6) is 0. The Labute approximate surface area is 119 Å². The van der Waals surface area contributed by atoms with Gasteiger partial charge in [-0.1, -0.05) is 30.3 Å². The van der Waals surface area contributed by atoms with E-state index >= 15 is 0 Å². The van der Waals surface area contributed by atoms with E-state index in [0.717, 1.165) is 0 Å². The molecule has 2 unspecified atom stereocenters. The molecule has 0 aromatic heterocycles. The molecule has 112 valence electrons. The van der Waals surface area contributed by atoms with E-state index in [2.05, 4.69) is 0 Å². The van der Waals surface area contributed by atoms with Crippen molar-refractivity contribution in [3.8, 4) is 0 Å². The van der Waals surface area contributed by atoms with Crippen molar-refractivity contribution < 1.29 is 24.6 Å². The first-order valence-electron chi connectivity index (χ1n) is 6.69. The maximum atomic E-state index is 11.8. The molecule has 3 N–H and O–H groups in total. The van der Waals surface area contributed by atoms with Gasteiger partial charge in [0.25, 0.3) is 0 Å². The monoisotopic (exact) mass is 282 g/mol. The summed E-state index contributed by atoms with van der Waals surface area (Å²) >= 11 is 0. The van der Waals surface area contributed by atoms with E-state index in [-0.39, 0.29) is 24.2 Å². The average Bonchev–Trinajstić information content (AvgIpc) is 2.37. The molecule has 0 aliphatic carbocycles. The minimum absolute atomic E-state index is 0.0173. The summed E-state index contributed by atoms with van der Waals surface area (Å²) in [6, 6.07) is 8.98. The molecule has 5 nitrogen and oxygen atoms in total. The number of hydrogen-bond donors (Lipinski definition) is 3. The maximum absolute atomic E-state index is 11.8. The third kappa shape index (κ3) is 3.36. The number of aliphatic hydroxyl groups excluding tert-OH is 2. The Kier molecular flexibility index (Phi) is 5.28. The number of rotatable bonds is 5. The molecule has 0 saturated carbocycles. The van der Waals surface area contributed by atoms with Gasteiger partial charge < -0.3 is 15.3 Å². The molecule has 0 aliphatic rings. The van der Waals surface area contributed by atoms with Crippen LogP contribution in [0.4, 0.5) is 4.79 Å². The molecule has 0 saturated heterocycles. The summed E-state index contributed by atoms with van der Waals surface area (Å²) in [4.78, 5) is 11.8. The van der Waals surface area contributed by atoms with Crippen molar-refractivity contribution in [3.05, 3.63) is 35.9 Å². The number of carbonyl (C=O) groups is 1. The summed E-state index contributed by atoms with van der Waals surface area (Å²) in [5, 5.41) is 29.2. The number of benzene rings is 1. The van der Waals surface area contributed by atoms with Crippen LogP contribution in [0, 0.1) is 0 Å². The fourth-order valence-corrected chi connectivity index (χ4v) is 2.41. The van der Waals surface area contributed by atoms with Crippen molar-refractivity contribution in [2.45, 2.75) is 32.4 Å². The van der Waals surface area contributed by atoms with Crippen molar-refractivity contribution >= 4 is 6.09 Å². The van der Waals surface area contributed by atoms with Crippen LogP contribution in [0.2, 0.25) is 0 Å². The minimum atomic E-state index is -1.04. The summed E-state index contributed by atoms with van der Waals surface area (Å²) in [6.45, 7) is 5.23. The van der Waals surface area contributed by atoms with E-state index in [9.17, 15) is 20.1 Å². The maximum Gasteiger partial charge on any atom is 0.514 e. The van der Waals surface area contributed by atoms with Crippen LogP contribution in [-0.4, -0.2) is 51.1 Å². The minimum Gasteiger partial charge on any atom is -0.435 e. The zero-order valence-electron chi connectivity index (χ0n) is 12.3. The molecule has 5 heteroatoms. The van der Waals surface area contributed by atoms with Crippen LogP contribution in [0.5, 0.6) is 0 Å². The summed E-state index contributed by atoms with van der Waals surface area (Å²) in [5.41, 5.74) is 0.0445. The molecule has 1 aromatic carbocycles. The van der Waals surface area contributed by atoms with Gasteiger partial charge in [0.1, 0.15) is 24.7 Å². The van der Waals surface area contributed by atoms with Crippen LogP contribution in [0.3, 0.4) is 0 Å². The predicted molar refractivity (Wildman–Crippen MR) is 76.3 cm³/mol. The van der Waals surface area contributed by atoms with Gasteiger partial charge in [-0.2, -0.15) is 4.79 Å². The molecule has 0 heterocycles. The van der Waals surface area contributed by atoms with Crippen LogP contribution in [0.25, 0.3) is 0 Å². The number of aliphatic hydroxyl groups is 2. The molecule has 1 amide bonds. The topological polar surface area (TPSA) is 77.8 Å². The summed E-state index contributed by atoms with van der Waals surface area (Å²) < 4.78 is -0.389. The fourth-order valence-electron chi connectivity index (χ4n) is 2.41. The van der Waals surface area contributed by atoms with Gasteiger partial charge in [-0.15, -0.1) is 0 Å². The average molecular weight is 282 g/mol. The first-order valence-corrected chi connectivity index (χ1v) is 6.69. The van der Waals surface area contributed by atoms with Crippen molar-refractivity contribution in [3.63, 3.8) is 0 Å². The number of amides is 1. The Morgan fingerprint density at radius 2 is 1.80 bits per heavy atom. The van der Waals surface area contributed by atoms with Crippen molar-refractivity contribution in [2.24, 2.45) is 0 Å². The van der Waals surface area contributed by atoms with Gasteiger partial charge in [-0.25, -0.2) is 4.48 Å². The highest BCUT2D eigenvalue weighted by atomic mass is 16.4. The molecule has 1 aromatic rings. The largest absolute Gasteiger partial charge is 0.514 e. The highest BCUT2D eigenvalue weighted by molar-refractivity contribution is 5.57. The van der Waals surface area contributed by atoms with E-state index in [1.807, 2.05) is 6.07 Å². The molecule has 0 fully saturated rings. The van der Waals surface area contributed by atoms with Crippen LogP contribution in [-0.2, 0) is 0 Å². The third-order valence-corrected chi connectivity index (χ3v) is 3.80. The highest BCUT2D eigenvalue weighted by Crippen LogP contribution is 2.29. The van der Waals surface area contributed by atoms with Gasteiger partial charge in [0.15, 0.2) is 0 Å². The molecule has 0 spiro atoms. The lowest BCUT2D eigenvalue weighted by atomic mass is 9.98. The van der Waals surface area contributed by atoms with Crippen molar-refractivity contribution in [1.29, 1.82) is 0 Å². The van der Waals surface area contributed by atoms with Gasteiger partial charge in [0, 0.05) is 0 Å². The molecular formula is C15H24NO4+. The van der Waals surface area contributed by atoms with Gasteiger partial charge in [0.2, 0.25) is 0 Å². The van der Waals surface area contributed by atoms with Gasteiger partial charge in [-0.3, -0.25) is 0 Å². The lowest BCUT2D eigenvalue weighted by molar-refractivity contribution is -0.907. The molecule has 0 aliphatic heterocycles. The fraction of sp³-hybridized carbons (Fsp3) is 0.533. The molecule has 20 heavy (non-hydrogen) atoms. The van der Waals surface area contributed by atoms with Crippen molar-refractivity contribution in [2.75, 3.05) is 19.7 Å². The zero-order chi connectivity index (χ0) is 15.4. The Balaban J connectivity index is 3.10. The quantitative estimate of drug-likeness (QED) is 0.722. The lowest BCUT2D eigenvalue weighted by Crippen LogP contribution is -2.65. The Morgan fingerprint density at radius 3 is 2.20 bits per heavy atom. The number of nitrogens with zero attached hydrogens (tertiary/aromatic N) is 1. The standard InChI is InChI=1S/C15H23NO4/c1-15(2,3)16(9-10-17,14(19)20)11-13(18)12-7-5-4-6-8-12/h4-8,13,17-18H,9-11H2,1-3H3/p+1.